The fourth-order valence-electron chi connectivity index (χ4n) is 5.20. The van der Waals surface area contributed by atoms with Gasteiger partial charge in [-0.25, -0.2) is 4.79 Å². The highest BCUT2D eigenvalue weighted by Gasteiger charge is 2.46. The largest absolute Gasteiger partial charge is 0.491 e. The Balaban J connectivity index is 1.43. The molecule has 0 spiro atoms. The molecule has 36 heavy (non-hydrogen) atoms. The van der Waals surface area contributed by atoms with Crippen molar-refractivity contribution in [1.82, 2.24) is 14.7 Å². The van der Waals surface area contributed by atoms with Gasteiger partial charge in [0.25, 0.3) is 0 Å². The lowest BCUT2D eigenvalue weighted by Crippen LogP contribution is -2.35. The van der Waals surface area contributed by atoms with E-state index >= 15 is 0 Å². The van der Waals surface area contributed by atoms with Gasteiger partial charge in [0.2, 0.25) is 5.91 Å². The first-order valence-electron chi connectivity index (χ1n) is 12.9. The molecule has 0 aromatic heterocycles. The summed E-state index contributed by atoms with van der Waals surface area (Å²) >= 11 is 6.16. The summed E-state index contributed by atoms with van der Waals surface area (Å²) in [6.45, 7) is 11.6. The second-order valence-electron chi connectivity index (χ2n) is 10.9. The molecule has 7 heteroatoms. The summed E-state index contributed by atoms with van der Waals surface area (Å²) < 4.78 is 5.95. The number of hydrogen-bond acceptors (Lipinski definition) is 4. The summed E-state index contributed by atoms with van der Waals surface area (Å²) in [5, 5.41) is 0.764. The Labute approximate surface area is 220 Å². The molecule has 6 nitrogen and oxygen atoms in total. The number of carbonyl (C=O) groups excluding carboxylic acids is 2. The van der Waals surface area contributed by atoms with Crippen LogP contribution in [0.25, 0.3) is 0 Å². The van der Waals surface area contributed by atoms with Crippen LogP contribution in [0.4, 0.5) is 4.79 Å². The van der Waals surface area contributed by atoms with Crippen LogP contribution in [-0.4, -0.2) is 59.9 Å². The molecule has 0 radical (unpaired) electrons. The van der Waals surface area contributed by atoms with Crippen molar-refractivity contribution in [3.63, 3.8) is 0 Å². The maximum Gasteiger partial charge on any atom is 0.327 e. The van der Waals surface area contributed by atoms with E-state index in [1.54, 1.807) is 7.05 Å². The number of benzene rings is 2. The predicted octanol–water partition coefficient (Wildman–Crippen LogP) is 5.92. The van der Waals surface area contributed by atoms with Gasteiger partial charge in [0.1, 0.15) is 18.9 Å². The molecule has 2 aliphatic rings. The molecule has 0 N–H and O–H groups in total. The fraction of sp³-hybridized carbons (Fsp3) is 0.517. The molecular weight excluding hydrogens is 474 g/mol. The SMILES string of the molecule is CC[C@H](c1ccc(Cl)cc1)N(Cc1ccc(OCCN2C(=O)CN(C)C2=O)c(C)c1)C[C@@H]1CC1(C)C. The summed E-state index contributed by atoms with van der Waals surface area (Å²) in [6.07, 6.45) is 2.29. The third-order valence-corrected chi connectivity index (χ3v) is 7.94. The van der Waals surface area contributed by atoms with E-state index in [1.165, 1.54) is 27.3 Å². The molecule has 1 heterocycles. The van der Waals surface area contributed by atoms with E-state index in [0.717, 1.165) is 35.8 Å². The highest BCUT2D eigenvalue weighted by molar-refractivity contribution is 6.30. The first-order valence-corrected chi connectivity index (χ1v) is 13.2. The van der Waals surface area contributed by atoms with Crippen LogP contribution >= 0.6 is 11.6 Å². The Kier molecular flexibility index (Phi) is 7.96. The van der Waals surface area contributed by atoms with Crippen molar-refractivity contribution < 1.29 is 14.3 Å². The zero-order valence-corrected chi connectivity index (χ0v) is 22.8. The van der Waals surface area contributed by atoms with E-state index in [0.29, 0.717) is 17.4 Å². The molecule has 1 aliphatic heterocycles. The van der Waals surface area contributed by atoms with Crippen molar-refractivity contribution in [1.29, 1.82) is 0 Å². The van der Waals surface area contributed by atoms with Gasteiger partial charge >= 0.3 is 6.03 Å². The predicted molar refractivity (Wildman–Crippen MR) is 143 cm³/mol. The molecule has 0 bridgehead atoms. The zero-order chi connectivity index (χ0) is 26.0. The standard InChI is InChI=1S/C29H38ClN3O3/c1-6-25(22-8-10-24(30)11-9-22)32(18-23-16-29(23,3)4)17-21-7-12-26(20(2)15-21)36-14-13-33-27(34)19-31(5)28(33)35/h7-12,15,23,25H,6,13-14,16-19H2,1-5H3/t23-,25+/m0/s1. The number of rotatable bonds is 11. The summed E-state index contributed by atoms with van der Waals surface area (Å²) in [4.78, 5) is 29.3. The van der Waals surface area contributed by atoms with Crippen LogP contribution in [0.3, 0.4) is 0 Å². The number of likely N-dealkylation sites (N-methyl/N-ethyl adjacent to an activating group) is 1. The average molecular weight is 512 g/mol. The lowest BCUT2D eigenvalue weighted by atomic mass is 10.00. The number of halogens is 1. The highest BCUT2D eigenvalue weighted by atomic mass is 35.5. The third-order valence-electron chi connectivity index (χ3n) is 7.68. The lowest BCUT2D eigenvalue weighted by Gasteiger charge is -2.32. The smallest absolute Gasteiger partial charge is 0.327 e. The summed E-state index contributed by atoms with van der Waals surface area (Å²) in [6, 6.07) is 14.6. The van der Waals surface area contributed by atoms with Gasteiger partial charge in [0.05, 0.1) is 6.54 Å². The van der Waals surface area contributed by atoms with Gasteiger partial charge in [0.15, 0.2) is 0 Å². The van der Waals surface area contributed by atoms with E-state index in [1.807, 2.05) is 25.1 Å². The number of imide groups is 1. The zero-order valence-electron chi connectivity index (χ0n) is 22.1. The van der Waals surface area contributed by atoms with E-state index in [9.17, 15) is 9.59 Å². The Morgan fingerprint density at radius 3 is 2.42 bits per heavy atom. The van der Waals surface area contributed by atoms with E-state index in [-0.39, 0.29) is 31.6 Å². The number of carbonyl (C=O) groups is 2. The minimum atomic E-state index is -0.263. The van der Waals surface area contributed by atoms with Crippen LogP contribution in [0.2, 0.25) is 5.02 Å². The number of amides is 3. The molecule has 2 fully saturated rings. The van der Waals surface area contributed by atoms with E-state index < -0.39 is 0 Å². The van der Waals surface area contributed by atoms with Gasteiger partial charge in [-0.3, -0.25) is 14.6 Å². The van der Waals surface area contributed by atoms with Crippen LogP contribution in [0.1, 0.15) is 56.3 Å². The first-order chi connectivity index (χ1) is 17.1. The average Bonchev–Trinajstić information content (AvgIpc) is 3.35. The maximum absolute atomic E-state index is 12.1. The molecule has 1 saturated carbocycles. The van der Waals surface area contributed by atoms with Crippen LogP contribution < -0.4 is 4.74 Å². The van der Waals surface area contributed by atoms with Crippen LogP contribution in [0, 0.1) is 18.3 Å². The molecule has 2 aromatic rings. The molecule has 2 aromatic carbocycles. The molecule has 1 aliphatic carbocycles. The second-order valence-corrected chi connectivity index (χ2v) is 11.4. The molecule has 4 rings (SSSR count). The fourth-order valence-corrected chi connectivity index (χ4v) is 5.33. The Hall–Kier alpha value is -2.57. The minimum absolute atomic E-state index is 0.135. The maximum atomic E-state index is 12.1. The van der Waals surface area contributed by atoms with Gasteiger partial charge in [-0.15, -0.1) is 0 Å². The lowest BCUT2D eigenvalue weighted by molar-refractivity contribution is -0.125. The third kappa shape index (κ3) is 6.04. The molecule has 2 atom stereocenters. The van der Waals surface area contributed by atoms with Crippen LogP contribution in [-0.2, 0) is 11.3 Å². The monoisotopic (exact) mass is 511 g/mol. The van der Waals surface area contributed by atoms with Crippen molar-refractivity contribution in [3.8, 4) is 5.75 Å². The molecule has 1 saturated heterocycles. The van der Waals surface area contributed by atoms with Gasteiger partial charge in [-0.05, 0) is 66.0 Å². The number of urea groups is 1. The highest BCUT2D eigenvalue weighted by Crippen LogP contribution is 2.52. The van der Waals surface area contributed by atoms with Gasteiger partial charge in [-0.1, -0.05) is 56.6 Å². The van der Waals surface area contributed by atoms with Gasteiger partial charge < -0.3 is 9.64 Å². The summed E-state index contributed by atoms with van der Waals surface area (Å²) in [5.74, 6) is 1.31. The van der Waals surface area contributed by atoms with Crippen molar-refractivity contribution in [2.45, 2.75) is 53.1 Å². The molecule has 194 valence electrons. The topological polar surface area (TPSA) is 53.1 Å². The second kappa shape index (κ2) is 10.8. The summed E-state index contributed by atoms with van der Waals surface area (Å²) in [5.41, 5.74) is 4.01. The van der Waals surface area contributed by atoms with Crippen molar-refractivity contribution in [2.24, 2.45) is 11.3 Å². The summed E-state index contributed by atoms with van der Waals surface area (Å²) in [7, 11) is 1.63. The van der Waals surface area contributed by atoms with Crippen molar-refractivity contribution >= 4 is 23.5 Å². The first kappa shape index (κ1) is 26.5. The molecule has 3 amide bonds. The van der Waals surface area contributed by atoms with E-state index in [4.69, 9.17) is 16.3 Å². The molecule has 0 unspecified atom stereocenters. The van der Waals surface area contributed by atoms with Crippen LogP contribution in [0.15, 0.2) is 42.5 Å². The number of ether oxygens (including phenoxy) is 1. The minimum Gasteiger partial charge on any atom is -0.491 e. The molecular formula is C29H38ClN3O3. The number of aryl methyl sites for hydroxylation is 1. The Morgan fingerprint density at radius 2 is 1.86 bits per heavy atom. The number of nitrogens with zero attached hydrogens (tertiary/aromatic N) is 3. The quantitative estimate of drug-likeness (QED) is 0.351. The van der Waals surface area contributed by atoms with Gasteiger partial charge in [-0.2, -0.15) is 0 Å². The van der Waals surface area contributed by atoms with E-state index in [2.05, 4.69) is 49.9 Å². The van der Waals surface area contributed by atoms with Crippen LogP contribution in [0.5, 0.6) is 5.75 Å². The Morgan fingerprint density at radius 1 is 1.17 bits per heavy atom. The van der Waals surface area contributed by atoms with Gasteiger partial charge in [0, 0.05) is 31.2 Å². The van der Waals surface area contributed by atoms with Crippen molar-refractivity contribution in [2.75, 3.05) is 33.3 Å². The Bertz CT molecular complexity index is 1100. The number of hydrogen-bond donors (Lipinski definition) is 0. The normalized spacial score (nSPS) is 19.8. The van der Waals surface area contributed by atoms with Crippen molar-refractivity contribution in [3.05, 3.63) is 64.2 Å².